The van der Waals surface area contributed by atoms with Gasteiger partial charge in [-0.1, -0.05) is 52.8 Å². The van der Waals surface area contributed by atoms with Crippen molar-refractivity contribution in [3.05, 3.63) is 29.8 Å². The summed E-state index contributed by atoms with van der Waals surface area (Å²) >= 11 is 0. The van der Waals surface area contributed by atoms with Crippen LogP contribution < -0.4 is 10.5 Å². The zero-order valence-corrected chi connectivity index (χ0v) is 14.1. The van der Waals surface area contributed by atoms with Gasteiger partial charge >= 0.3 is 0 Å². The number of hydrogen-bond acceptors (Lipinski definition) is 2. The van der Waals surface area contributed by atoms with Gasteiger partial charge in [0.1, 0.15) is 5.75 Å². The molecule has 3 N–H and O–H groups in total. The van der Waals surface area contributed by atoms with E-state index in [9.17, 15) is 0 Å². The molecule has 0 fully saturated rings. The topological polar surface area (TPSA) is 59.1 Å². The molecule has 0 bridgehead atoms. The summed E-state index contributed by atoms with van der Waals surface area (Å²) in [5, 5.41) is 7.56. The summed E-state index contributed by atoms with van der Waals surface area (Å²) in [6.07, 6.45) is 2.92. The van der Waals surface area contributed by atoms with Crippen molar-refractivity contribution in [2.45, 2.75) is 59.3 Å². The fourth-order valence-electron chi connectivity index (χ4n) is 2.20. The molecule has 1 aromatic carbocycles. The fourth-order valence-corrected chi connectivity index (χ4v) is 2.20. The number of ether oxygens (including phenoxy) is 1. The molecule has 21 heavy (non-hydrogen) atoms. The van der Waals surface area contributed by atoms with Crippen LogP contribution in [0.1, 0.15) is 59.4 Å². The molecule has 118 valence electrons. The molecule has 1 rings (SSSR count). The zero-order valence-electron chi connectivity index (χ0n) is 14.1. The van der Waals surface area contributed by atoms with Crippen molar-refractivity contribution in [1.82, 2.24) is 0 Å². The van der Waals surface area contributed by atoms with Crippen LogP contribution in [0.2, 0.25) is 0 Å². The molecule has 0 spiro atoms. The lowest BCUT2D eigenvalue weighted by molar-refractivity contribution is 0.289. The zero-order chi connectivity index (χ0) is 16.1. The average Bonchev–Trinajstić information content (AvgIpc) is 2.37. The van der Waals surface area contributed by atoms with Gasteiger partial charge in [-0.15, -0.1) is 0 Å². The molecule has 3 heteroatoms. The lowest BCUT2D eigenvalue weighted by Crippen LogP contribution is -2.30. The van der Waals surface area contributed by atoms with E-state index in [1.165, 1.54) is 5.56 Å². The second-order valence-corrected chi connectivity index (χ2v) is 7.35. The van der Waals surface area contributed by atoms with Crippen molar-refractivity contribution >= 4 is 5.84 Å². The molecular weight excluding hydrogens is 260 g/mol. The van der Waals surface area contributed by atoms with Gasteiger partial charge in [-0.3, -0.25) is 5.41 Å². The Balaban J connectivity index is 2.46. The van der Waals surface area contributed by atoms with Crippen molar-refractivity contribution in [3.63, 3.8) is 0 Å². The highest BCUT2D eigenvalue weighted by Crippen LogP contribution is 2.31. The molecule has 0 saturated carbocycles. The minimum Gasteiger partial charge on any atom is -0.493 e. The second-order valence-electron chi connectivity index (χ2n) is 7.35. The first-order valence-electron chi connectivity index (χ1n) is 7.71. The molecule has 0 saturated heterocycles. The Hall–Kier alpha value is -1.51. The fraction of sp³-hybridized carbons (Fsp3) is 0.611. The summed E-state index contributed by atoms with van der Waals surface area (Å²) in [6.45, 7) is 11.3. The number of unbranched alkanes of at least 4 members (excludes halogenated alkanes) is 1. The number of nitrogens with one attached hydrogen (secondary N) is 1. The van der Waals surface area contributed by atoms with Gasteiger partial charge in [-0.2, -0.15) is 0 Å². The molecule has 0 amide bonds. The van der Waals surface area contributed by atoms with Crippen LogP contribution in [0.4, 0.5) is 0 Å². The average molecular weight is 290 g/mol. The number of nitrogens with two attached hydrogens (primary N) is 1. The van der Waals surface area contributed by atoms with Crippen molar-refractivity contribution in [1.29, 1.82) is 5.41 Å². The van der Waals surface area contributed by atoms with Crippen LogP contribution in [0.25, 0.3) is 0 Å². The van der Waals surface area contributed by atoms with Gasteiger partial charge < -0.3 is 10.5 Å². The molecule has 0 aliphatic rings. The Morgan fingerprint density at radius 3 is 2.29 bits per heavy atom. The first kappa shape index (κ1) is 17.5. The predicted molar refractivity (Wildman–Crippen MR) is 90.2 cm³/mol. The van der Waals surface area contributed by atoms with Crippen LogP contribution in [-0.2, 0) is 5.41 Å². The molecule has 0 atom stereocenters. The smallest absolute Gasteiger partial charge is 0.123 e. The minimum absolute atomic E-state index is 0.0905. The summed E-state index contributed by atoms with van der Waals surface area (Å²) in [6, 6.07) is 8.25. The number of hydrogen-bond donors (Lipinski definition) is 2. The SMILES string of the molecule is CC(C)(CCCCOc1ccccc1C(C)(C)C)C(=N)N. The molecule has 0 aromatic heterocycles. The molecular formula is C18H30N2O. The van der Waals surface area contributed by atoms with Crippen molar-refractivity contribution in [2.75, 3.05) is 6.61 Å². The largest absolute Gasteiger partial charge is 0.493 e. The highest BCUT2D eigenvalue weighted by Gasteiger charge is 2.21. The van der Waals surface area contributed by atoms with Crippen molar-refractivity contribution < 1.29 is 4.74 Å². The van der Waals surface area contributed by atoms with E-state index in [-0.39, 0.29) is 16.7 Å². The van der Waals surface area contributed by atoms with Crippen LogP contribution in [-0.4, -0.2) is 12.4 Å². The van der Waals surface area contributed by atoms with Gasteiger partial charge in [-0.25, -0.2) is 0 Å². The predicted octanol–water partition coefficient (Wildman–Crippen LogP) is 4.50. The molecule has 0 radical (unpaired) electrons. The maximum atomic E-state index is 7.56. The second kappa shape index (κ2) is 6.97. The molecule has 0 aliphatic heterocycles. The summed E-state index contributed by atoms with van der Waals surface area (Å²) < 4.78 is 5.95. The quantitative estimate of drug-likeness (QED) is 0.441. The third-order valence-electron chi connectivity index (χ3n) is 3.88. The van der Waals surface area contributed by atoms with E-state index >= 15 is 0 Å². The van der Waals surface area contributed by atoms with Gasteiger partial charge in [0.15, 0.2) is 0 Å². The van der Waals surface area contributed by atoms with Gasteiger partial charge in [0.25, 0.3) is 0 Å². The van der Waals surface area contributed by atoms with Crippen LogP contribution in [0.5, 0.6) is 5.75 Å². The molecule has 0 unspecified atom stereocenters. The van der Waals surface area contributed by atoms with Crippen LogP contribution >= 0.6 is 0 Å². The standard InChI is InChI=1S/C18H30N2O/c1-17(2,3)14-10-6-7-11-15(14)21-13-9-8-12-18(4,5)16(19)20/h6-7,10-11H,8-9,12-13H2,1-5H3,(H3,19,20). The number of para-hydroxylation sites is 1. The Morgan fingerprint density at radius 1 is 1.10 bits per heavy atom. The Bertz CT molecular complexity index is 472. The third-order valence-corrected chi connectivity index (χ3v) is 3.88. The number of amidine groups is 1. The van der Waals surface area contributed by atoms with E-state index in [1.807, 2.05) is 26.0 Å². The molecule has 1 aromatic rings. The Kier molecular flexibility index (Phi) is 5.82. The lowest BCUT2D eigenvalue weighted by Gasteiger charge is -2.24. The molecule has 0 aliphatic carbocycles. The summed E-state index contributed by atoms with van der Waals surface area (Å²) in [4.78, 5) is 0. The van der Waals surface area contributed by atoms with Crippen LogP contribution in [0.3, 0.4) is 0 Å². The maximum absolute atomic E-state index is 7.56. The lowest BCUT2D eigenvalue weighted by atomic mass is 9.86. The van der Waals surface area contributed by atoms with Gasteiger partial charge in [0.2, 0.25) is 0 Å². The Labute approximate surface area is 129 Å². The highest BCUT2D eigenvalue weighted by atomic mass is 16.5. The third kappa shape index (κ3) is 5.41. The van der Waals surface area contributed by atoms with Gasteiger partial charge in [0, 0.05) is 5.41 Å². The van der Waals surface area contributed by atoms with E-state index in [4.69, 9.17) is 15.9 Å². The minimum atomic E-state index is -0.205. The number of benzene rings is 1. The van der Waals surface area contributed by atoms with Gasteiger partial charge in [-0.05, 0) is 36.3 Å². The molecule has 0 heterocycles. The summed E-state index contributed by atoms with van der Waals surface area (Å²) in [5.41, 5.74) is 6.73. The normalized spacial score (nSPS) is 12.2. The van der Waals surface area contributed by atoms with Crippen LogP contribution in [0, 0.1) is 10.8 Å². The first-order valence-corrected chi connectivity index (χ1v) is 7.71. The first-order chi connectivity index (χ1) is 9.64. The summed E-state index contributed by atoms with van der Waals surface area (Å²) in [5.74, 6) is 1.25. The Morgan fingerprint density at radius 2 is 1.71 bits per heavy atom. The highest BCUT2D eigenvalue weighted by molar-refractivity contribution is 5.82. The van der Waals surface area contributed by atoms with E-state index < -0.39 is 0 Å². The van der Waals surface area contributed by atoms with E-state index in [0.29, 0.717) is 6.61 Å². The monoisotopic (exact) mass is 290 g/mol. The number of rotatable bonds is 7. The summed E-state index contributed by atoms with van der Waals surface area (Å²) in [7, 11) is 0. The van der Waals surface area contributed by atoms with Crippen LogP contribution in [0.15, 0.2) is 24.3 Å². The molecule has 3 nitrogen and oxygen atoms in total. The van der Waals surface area contributed by atoms with E-state index in [1.54, 1.807) is 0 Å². The van der Waals surface area contributed by atoms with E-state index in [2.05, 4.69) is 32.9 Å². The maximum Gasteiger partial charge on any atom is 0.123 e. The van der Waals surface area contributed by atoms with Crippen molar-refractivity contribution in [3.8, 4) is 5.75 Å². The van der Waals surface area contributed by atoms with E-state index in [0.717, 1.165) is 25.0 Å². The van der Waals surface area contributed by atoms with Gasteiger partial charge in [0.05, 0.1) is 12.4 Å². The van der Waals surface area contributed by atoms with Crippen molar-refractivity contribution in [2.24, 2.45) is 11.1 Å².